The molecule has 0 bridgehead atoms. The van der Waals surface area contributed by atoms with Crippen molar-refractivity contribution in [1.29, 1.82) is 0 Å². The number of fused-ring (bicyclic) bond motifs is 1. The van der Waals surface area contributed by atoms with Crippen LogP contribution < -0.4 is 0 Å². The lowest BCUT2D eigenvalue weighted by molar-refractivity contribution is -0.141. The van der Waals surface area contributed by atoms with E-state index in [1.807, 2.05) is 6.92 Å². The molecule has 3 atom stereocenters. The molecule has 1 aliphatic heterocycles. The summed E-state index contributed by atoms with van der Waals surface area (Å²) in [7, 11) is 1.73. The Hall–Kier alpha value is -1.26. The van der Waals surface area contributed by atoms with Crippen molar-refractivity contribution in [3.8, 4) is 0 Å². The maximum Gasteiger partial charge on any atom is 0.326 e. The molecule has 2 aliphatic rings. The monoisotopic (exact) mass is 254 g/mol. The van der Waals surface area contributed by atoms with Crippen LogP contribution in [0.5, 0.6) is 0 Å². The first-order valence-electron chi connectivity index (χ1n) is 6.82. The van der Waals surface area contributed by atoms with E-state index in [0.29, 0.717) is 18.9 Å². The molecule has 0 spiro atoms. The lowest BCUT2D eigenvalue weighted by Crippen LogP contribution is -2.51. The van der Waals surface area contributed by atoms with E-state index in [0.717, 1.165) is 19.3 Å². The van der Waals surface area contributed by atoms with Crippen LogP contribution in [0.3, 0.4) is 0 Å². The molecule has 0 radical (unpaired) electrons. The van der Waals surface area contributed by atoms with Gasteiger partial charge in [0.25, 0.3) is 0 Å². The second-order valence-corrected chi connectivity index (χ2v) is 5.41. The van der Waals surface area contributed by atoms with Crippen molar-refractivity contribution < 1.29 is 14.7 Å². The van der Waals surface area contributed by atoms with Crippen LogP contribution in [0, 0.1) is 5.92 Å². The summed E-state index contributed by atoms with van der Waals surface area (Å²) in [4.78, 5) is 26.9. The zero-order chi connectivity index (χ0) is 13.3. The Balaban J connectivity index is 2.21. The second kappa shape index (κ2) is 5.16. The number of hydrogen-bond acceptors (Lipinski definition) is 2. The Labute approximate surface area is 108 Å². The Bertz CT molecular complexity index is 345. The first-order chi connectivity index (χ1) is 8.56. The number of rotatable bonds is 2. The molecule has 0 aromatic rings. The van der Waals surface area contributed by atoms with Crippen LogP contribution in [0.1, 0.15) is 39.0 Å². The van der Waals surface area contributed by atoms with Crippen LogP contribution in [0.2, 0.25) is 0 Å². The van der Waals surface area contributed by atoms with Gasteiger partial charge in [-0.15, -0.1) is 0 Å². The molecular formula is C13H22N2O3. The van der Waals surface area contributed by atoms with Gasteiger partial charge in [0.05, 0.1) is 0 Å². The number of nitrogens with zero attached hydrogens (tertiary/aromatic N) is 2. The SMILES string of the molecule is CCN(C)C(=O)N1C(C(=O)O)CC2CCCCC21. The van der Waals surface area contributed by atoms with Gasteiger partial charge in [0, 0.05) is 19.6 Å². The van der Waals surface area contributed by atoms with Gasteiger partial charge in [0.15, 0.2) is 0 Å². The second-order valence-electron chi connectivity index (χ2n) is 5.41. The lowest BCUT2D eigenvalue weighted by Gasteiger charge is -2.35. The fourth-order valence-corrected chi connectivity index (χ4v) is 3.29. The normalized spacial score (nSPS) is 31.0. The molecule has 0 aromatic heterocycles. The minimum Gasteiger partial charge on any atom is -0.480 e. The van der Waals surface area contributed by atoms with E-state index in [-0.39, 0.29) is 12.1 Å². The molecular weight excluding hydrogens is 232 g/mol. The molecule has 1 saturated heterocycles. The van der Waals surface area contributed by atoms with Crippen molar-refractivity contribution in [2.45, 2.75) is 51.1 Å². The molecule has 3 unspecified atom stereocenters. The molecule has 1 heterocycles. The molecule has 1 N–H and O–H groups in total. The van der Waals surface area contributed by atoms with Gasteiger partial charge in [-0.05, 0) is 32.1 Å². The van der Waals surface area contributed by atoms with Crippen molar-refractivity contribution >= 4 is 12.0 Å². The van der Waals surface area contributed by atoms with E-state index in [4.69, 9.17) is 0 Å². The number of carboxylic acid groups (broad SMARTS) is 1. The van der Waals surface area contributed by atoms with Crippen molar-refractivity contribution in [2.24, 2.45) is 5.92 Å². The molecule has 0 aromatic carbocycles. The van der Waals surface area contributed by atoms with E-state index < -0.39 is 12.0 Å². The standard InChI is InChI=1S/C13H22N2O3/c1-3-14(2)13(18)15-10-7-5-4-6-9(10)8-11(15)12(16)17/h9-11H,3-8H2,1-2H3,(H,16,17). The number of carbonyl (C=O) groups excluding carboxylic acids is 1. The Morgan fingerprint density at radius 2 is 2.00 bits per heavy atom. The number of amides is 2. The lowest BCUT2D eigenvalue weighted by atomic mass is 9.85. The van der Waals surface area contributed by atoms with E-state index in [1.165, 1.54) is 6.42 Å². The predicted octanol–water partition coefficient (Wildman–Crippen LogP) is 1.78. The largest absolute Gasteiger partial charge is 0.480 e. The number of hydrogen-bond donors (Lipinski definition) is 1. The van der Waals surface area contributed by atoms with E-state index in [9.17, 15) is 14.7 Å². The van der Waals surface area contributed by atoms with Gasteiger partial charge in [-0.25, -0.2) is 9.59 Å². The fraction of sp³-hybridized carbons (Fsp3) is 0.846. The number of urea groups is 1. The van der Waals surface area contributed by atoms with Crippen molar-refractivity contribution in [3.05, 3.63) is 0 Å². The molecule has 2 fully saturated rings. The van der Waals surface area contributed by atoms with Crippen LogP contribution in [-0.4, -0.2) is 52.6 Å². The highest BCUT2D eigenvalue weighted by Crippen LogP contribution is 2.40. The van der Waals surface area contributed by atoms with Crippen molar-refractivity contribution in [2.75, 3.05) is 13.6 Å². The number of carbonyl (C=O) groups is 2. The molecule has 1 aliphatic carbocycles. The average Bonchev–Trinajstić information content (AvgIpc) is 2.76. The van der Waals surface area contributed by atoms with Gasteiger partial charge in [-0.3, -0.25) is 0 Å². The summed E-state index contributed by atoms with van der Waals surface area (Å²) in [5.74, 6) is -0.476. The summed E-state index contributed by atoms with van der Waals surface area (Å²) in [6, 6.07) is -0.611. The van der Waals surface area contributed by atoms with E-state index in [1.54, 1.807) is 16.8 Å². The first kappa shape index (κ1) is 13.2. The third kappa shape index (κ3) is 2.18. The number of aliphatic carboxylic acids is 1. The van der Waals surface area contributed by atoms with Crippen LogP contribution in [0.25, 0.3) is 0 Å². The Morgan fingerprint density at radius 3 is 2.61 bits per heavy atom. The number of carboxylic acids is 1. The van der Waals surface area contributed by atoms with Crippen LogP contribution in [0.15, 0.2) is 0 Å². The number of likely N-dealkylation sites (tertiary alicyclic amines) is 1. The summed E-state index contributed by atoms with van der Waals surface area (Å²) in [5, 5.41) is 9.32. The smallest absolute Gasteiger partial charge is 0.326 e. The average molecular weight is 254 g/mol. The maximum atomic E-state index is 12.3. The maximum absolute atomic E-state index is 12.3. The summed E-state index contributed by atoms with van der Waals surface area (Å²) in [6.45, 7) is 2.52. The molecule has 2 rings (SSSR count). The molecule has 2 amide bonds. The van der Waals surface area contributed by atoms with Gasteiger partial charge in [-0.1, -0.05) is 12.8 Å². The van der Waals surface area contributed by atoms with Gasteiger partial charge in [-0.2, -0.15) is 0 Å². The van der Waals surface area contributed by atoms with Gasteiger partial charge in [0.2, 0.25) is 0 Å². The highest BCUT2D eigenvalue weighted by molar-refractivity contribution is 5.83. The summed E-state index contributed by atoms with van der Waals surface area (Å²) < 4.78 is 0. The Morgan fingerprint density at radius 1 is 1.33 bits per heavy atom. The van der Waals surface area contributed by atoms with Crippen LogP contribution in [0.4, 0.5) is 4.79 Å². The third-order valence-electron chi connectivity index (χ3n) is 4.39. The molecule has 5 heteroatoms. The summed E-state index contributed by atoms with van der Waals surface area (Å²) in [6.07, 6.45) is 4.92. The topological polar surface area (TPSA) is 60.9 Å². The van der Waals surface area contributed by atoms with Gasteiger partial charge < -0.3 is 14.9 Å². The van der Waals surface area contributed by atoms with Crippen LogP contribution >= 0.6 is 0 Å². The van der Waals surface area contributed by atoms with Gasteiger partial charge in [0.1, 0.15) is 6.04 Å². The zero-order valence-corrected chi connectivity index (χ0v) is 11.1. The molecule has 1 saturated carbocycles. The molecule has 18 heavy (non-hydrogen) atoms. The third-order valence-corrected chi connectivity index (χ3v) is 4.39. The fourth-order valence-electron chi connectivity index (χ4n) is 3.29. The summed E-state index contributed by atoms with van der Waals surface area (Å²) in [5.41, 5.74) is 0. The van der Waals surface area contributed by atoms with Crippen LogP contribution in [-0.2, 0) is 4.79 Å². The van der Waals surface area contributed by atoms with E-state index >= 15 is 0 Å². The first-order valence-corrected chi connectivity index (χ1v) is 6.82. The minimum atomic E-state index is -0.859. The quantitative estimate of drug-likeness (QED) is 0.817. The zero-order valence-electron chi connectivity index (χ0n) is 11.1. The highest BCUT2D eigenvalue weighted by Gasteiger charge is 2.48. The Kier molecular flexibility index (Phi) is 3.78. The minimum absolute atomic E-state index is 0.126. The molecule has 5 nitrogen and oxygen atoms in total. The highest BCUT2D eigenvalue weighted by atomic mass is 16.4. The van der Waals surface area contributed by atoms with Gasteiger partial charge >= 0.3 is 12.0 Å². The summed E-state index contributed by atoms with van der Waals surface area (Å²) >= 11 is 0. The predicted molar refractivity (Wildman–Crippen MR) is 67.3 cm³/mol. The van der Waals surface area contributed by atoms with E-state index in [2.05, 4.69) is 0 Å². The van der Waals surface area contributed by atoms with Crippen molar-refractivity contribution in [1.82, 2.24) is 9.80 Å². The van der Waals surface area contributed by atoms with Crippen molar-refractivity contribution in [3.63, 3.8) is 0 Å². The molecule has 102 valence electrons.